The third-order valence-electron chi connectivity index (χ3n) is 4.65. The molecular weight excluding hydrogens is 456 g/mol. The lowest BCUT2D eigenvalue weighted by Crippen LogP contribution is -2.15. The molecule has 0 aliphatic carbocycles. The van der Waals surface area contributed by atoms with Gasteiger partial charge in [0.15, 0.2) is 23.1 Å². The number of amidine groups is 1. The molecule has 0 fully saturated rings. The molecule has 0 aromatic heterocycles. The first kappa shape index (κ1) is 21.7. The Hall–Kier alpha value is -3.56. The molecule has 8 nitrogen and oxygen atoms in total. The van der Waals surface area contributed by atoms with Crippen molar-refractivity contribution in [1.29, 1.82) is 0 Å². The number of hydrogen-bond donors (Lipinski definition) is 1. The van der Waals surface area contributed by atoms with Crippen LogP contribution >= 0.6 is 11.6 Å². The number of sulfonamides is 1. The minimum Gasteiger partial charge on any atom is -0.493 e. The molecule has 0 bridgehead atoms. The molecule has 3 aromatic carbocycles. The molecule has 0 atom stereocenters. The van der Waals surface area contributed by atoms with E-state index in [1.54, 1.807) is 30.3 Å². The molecule has 1 aliphatic heterocycles. The van der Waals surface area contributed by atoms with Crippen molar-refractivity contribution in [3.05, 3.63) is 76.8 Å². The molecular formula is C22H17ClN2O6S. The molecule has 10 heteroatoms. The highest BCUT2D eigenvalue weighted by Gasteiger charge is 2.29. The van der Waals surface area contributed by atoms with Crippen LogP contribution in [0, 0.1) is 0 Å². The van der Waals surface area contributed by atoms with Crippen molar-refractivity contribution < 1.29 is 27.4 Å². The van der Waals surface area contributed by atoms with Crippen LogP contribution < -0.4 is 19.5 Å². The Labute approximate surface area is 189 Å². The first-order valence-corrected chi connectivity index (χ1v) is 11.1. The van der Waals surface area contributed by atoms with Crippen LogP contribution in [0.1, 0.15) is 15.9 Å². The molecule has 32 heavy (non-hydrogen) atoms. The summed E-state index contributed by atoms with van der Waals surface area (Å²) in [6.45, 7) is 0. The molecule has 0 saturated heterocycles. The summed E-state index contributed by atoms with van der Waals surface area (Å²) in [7, 11) is -0.867. The van der Waals surface area contributed by atoms with Gasteiger partial charge in [0, 0.05) is 10.6 Å². The second-order valence-electron chi connectivity index (χ2n) is 6.64. The minimum atomic E-state index is -3.82. The zero-order valence-electron chi connectivity index (χ0n) is 17.0. The standard InChI is InChI=1S/C22H17ClN2O6S/c1-29-18-9-7-13(11-19(18)30-2)22(26)31-17-10-8-14(23)12-16(17)24-21-15-5-3-4-6-20(15)32(27,28)25-21/h3-12H,1-2H3,(H,24,25). The molecule has 1 heterocycles. The van der Waals surface area contributed by atoms with Crippen molar-refractivity contribution in [2.45, 2.75) is 4.90 Å². The zero-order chi connectivity index (χ0) is 22.9. The van der Waals surface area contributed by atoms with Gasteiger partial charge in [-0.05, 0) is 48.5 Å². The molecule has 0 spiro atoms. The van der Waals surface area contributed by atoms with Gasteiger partial charge in [0.25, 0.3) is 10.0 Å². The average Bonchev–Trinajstić information content (AvgIpc) is 3.05. The van der Waals surface area contributed by atoms with Crippen molar-refractivity contribution in [1.82, 2.24) is 0 Å². The second kappa shape index (κ2) is 8.52. The van der Waals surface area contributed by atoms with Crippen molar-refractivity contribution in [2.24, 2.45) is 4.40 Å². The fourth-order valence-electron chi connectivity index (χ4n) is 3.13. The van der Waals surface area contributed by atoms with Gasteiger partial charge in [-0.15, -0.1) is 4.40 Å². The monoisotopic (exact) mass is 472 g/mol. The Balaban J connectivity index is 1.65. The number of halogens is 1. The van der Waals surface area contributed by atoms with Gasteiger partial charge >= 0.3 is 5.97 Å². The number of carbonyl (C=O) groups excluding carboxylic acids is 1. The number of esters is 1. The van der Waals surface area contributed by atoms with Crippen LogP contribution in [0.3, 0.4) is 0 Å². The van der Waals surface area contributed by atoms with Crippen LogP contribution in [-0.2, 0) is 10.0 Å². The van der Waals surface area contributed by atoms with Crippen molar-refractivity contribution >= 4 is 39.1 Å². The van der Waals surface area contributed by atoms with E-state index in [-0.39, 0.29) is 27.7 Å². The Morgan fingerprint density at radius 2 is 1.66 bits per heavy atom. The third kappa shape index (κ3) is 4.12. The van der Waals surface area contributed by atoms with Gasteiger partial charge < -0.3 is 19.5 Å². The lowest BCUT2D eigenvalue weighted by Gasteiger charge is -2.13. The van der Waals surface area contributed by atoms with Crippen LogP contribution in [0.15, 0.2) is 70.0 Å². The molecule has 0 unspecified atom stereocenters. The quantitative estimate of drug-likeness (QED) is 0.439. The predicted octanol–water partition coefficient (Wildman–Crippen LogP) is 4.14. The van der Waals surface area contributed by atoms with E-state index in [0.717, 1.165) is 0 Å². The van der Waals surface area contributed by atoms with Gasteiger partial charge in [-0.2, -0.15) is 8.42 Å². The highest BCUT2D eigenvalue weighted by atomic mass is 35.5. The maximum absolute atomic E-state index is 12.8. The molecule has 3 aromatic rings. The van der Waals surface area contributed by atoms with Gasteiger partial charge in [0.1, 0.15) is 4.90 Å². The Kier molecular flexibility index (Phi) is 5.77. The molecule has 164 valence electrons. The summed E-state index contributed by atoms with van der Waals surface area (Å²) >= 11 is 6.12. The molecule has 0 saturated carbocycles. The van der Waals surface area contributed by atoms with Crippen LogP contribution in [0.4, 0.5) is 5.69 Å². The molecule has 1 aliphatic rings. The first-order valence-electron chi connectivity index (χ1n) is 9.27. The van der Waals surface area contributed by atoms with E-state index in [9.17, 15) is 13.2 Å². The fraction of sp³-hybridized carbons (Fsp3) is 0.0909. The number of nitrogens with one attached hydrogen (secondary N) is 1. The molecule has 0 amide bonds. The minimum absolute atomic E-state index is 0.0911. The largest absolute Gasteiger partial charge is 0.493 e. The number of nitrogens with zero attached hydrogens (tertiary/aromatic N) is 1. The van der Waals surface area contributed by atoms with E-state index in [0.29, 0.717) is 22.1 Å². The van der Waals surface area contributed by atoms with Crippen LogP contribution in [0.25, 0.3) is 0 Å². The molecule has 0 radical (unpaired) electrons. The topological polar surface area (TPSA) is 103 Å². The summed E-state index contributed by atoms with van der Waals surface area (Å²) < 4.78 is 44.4. The number of hydrogen-bond acceptors (Lipinski definition) is 7. The highest BCUT2D eigenvalue weighted by Crippen LogP contribution is 2.33. The number of methoxy groups -OCH3 is 2. The van der Waals surface area contributed by atoms with Crippen molar-refractivity contribution in [2.75, 3.05) is 19.5 Å². The number of fused-ring (bicyclic) bond motifs is 1. The summed E-state index contributed by atoms with van der Waals surface area (Å²) in [6, 6.07) is 15.6. The van der Waals surface area contributed by atoms with Gasteiger partial charge in [0.2, 0.25) is 0 Å². The number of carbonyl (C=O) groups is 1. The Morgan fingerprint density at radius 1 is 0.938 bits per heavy atom. The van der Waals surface area contributed by atoms with E-state index in [1.165, 1.54) is 44.6 Å². The lowest BCUT2D eigenvalue weighted by atomic mass is 10.2. The highest BCUT2D eigenvalue weighted by molar-refractivity contribution is 7.90. The summed E-state index contributed by atoms with van der Waals surface area (Å²) in [5, 5.41) is 3.28. The summed E-state index contributed by atoms with van der Waals surface area (Å²) in [6.07, 6.45) is 0. The van der Waals surface area contributed by atoms with Gasteiger partial charge in [-0.1, -0.05) is 23.7 Å². The zero-order valence-corrected chi connectivity index (χ0v) is 18.5. The summed E-state index contributed by atoms with van der Waals surface area (Å²) in [4.78, 5) is 12.8. The third-order valence-corrected chi connectivity index (χ3v) is 6.22. The van der Waals surface area contributed by atoms with E-state index >= 15 is 0 Å². The number of rotatable bonds is 5. The van der Waals surface area contributed by atoms with E-state index in [4.69, 9.17) is 25.8 Å². The normalized spacial score (nSPS) is 13.7. The summed E-state index contributed by atoms with van der Waals surface area (Å²) in [5.41, 5.74) is 0.913. The molecule has 1 N–H and O–H groups in total. The number of anilines is 1. The maximum Gasteiger partial charge on any atom is 0.343 e. The SMILES string of the molecule is COc1ccc(C(=O)Oc2ccc(Cl)cc2NC2=NS(=O)(=O)c3ccccc32)cc1OC. The lowest BCUT2D eigenvalue weighted by molar-refractivity contribution is 0.0735. The van der Waals surface area contributed by atoms with Crippen molar-refractivity contribution in [3.8, 4) is 17.2 Å². The Morgan fingerprint density at radius 3 is 2.41 bits per heavy atom. The van der Waals surface area contributed by atoms with Crippen LogP contribution in [0.2, 0.25) is 5.02 Å². The van der Waals surface area contributed by atoms with Crippen molar-refractivity contribution in [3.63, 3.8) is 0 Å². The number of benzene rings is 3. The maximum atomic E-state index is 12.8. The van der Waals surface area contributed by atoms with E-state index in [2.05, 4.69) is 9.71 Å². The predicted molar refractivity (Wildman–Crippen MR) is 120 cm³/mol. The average molecular weight is 473 g/mol. The van der Waals surface area contributed by atoms with Gasteiger partial charge in [-0.25, -0.2) is 4.79 Å². The fourth-order valence-corrected chi connectivity index (χ4v) is 4.48. The van der Waals surface area contributed by atoms with E-state index in [1.807, 2.05) is 0 Å². The smallest absolute Gasteiger partial charge is 0.343 e. The van der Waals surface area contributed by atoms with Crippen LogP contribution in [-0.4, -0.2) is 34.4 Å². The Bertz CT molecular complexity index is 1350. The van der Waals surface area contributed by atoms with Gasteiger partial charge in [-0.3, -0.25) is 0 Å². The number of ether oxygens (including phenoxy) is 3. The summed E-state index contributed by atoms with van der Waals surface area (Å²) in [5.74, 6) is 0.429. The van der Waals surface area contributed by atoms with Gasteiger partial charge in [0.05, 0.1) is 25.5 Å². The second-order valence-corrected chi connectivity index (χ2v) is 8.64. The first-order chi connectivity index (χ1) is 15.3. The molecule has 4 rings (SSSR count). The van der Waals surface area contributed by atoms with E-state index < -0.39 is 16.0 Å². The van der Waals surface area contributed by atoms with Crippen LogP contribution in [0.5, 0.6) is 17.2 Å².